The number of nitrogens with two attached hydrogens (primary N) is 3. The van der Waals surface area contributed by atoms with Gasteiger partial charge in [0.1, 0.15) is 12.1 Å². The van der Waals surface area contributed by atoms with E-state index < -0.39 is 48.2 Å². The molecule has 10 nitrogen and oxygen atoms in total. The largest absolute Gasteiger partial charge is 0.480 e. The van der Waals surface area contributed by atoms with Crippen molar-refractivity contribution in [1.82, 2.24) is 10.6 Å². The summed E-state index contributed by atoms with van der Waals surface area (Å²) in [6, 6.07) is -3.20. The van der Waals surface area contributed by atoms with Gasteiger partial charge in [-0.1, -0.05) is 20.3 Å². The molecule has 0 aliphatic heterocycles. The molecule has 26 heavy (non-hydrogen) atoms. The number of carboxylic acids is 1. The summed E-state index contributed by atoms with van der Waals surface area (Å²) >= 11 is 0. The third-order valence-corrected chi connectivity index (χ3v) is 3.67. The van der Waals surface area contributed by atoms with E-state index in [1.165, 1.54) is 0 Å². The molecule has 3 atom stereocenters. The molecule has 0 aromatic rings. The molecule has 0 bridgehead atoms. The molecule has 0 unspecified atom stereocenters. The van der Waals surface area contributed by atoms with Gasteiger partial charge in [0.25, 0.3) is 0 Å². The Morgan fingerprint density at radius 2 is 1.58 bits per heavy atom. The fourth-order valence-corrected chi connectivity index (χ4v) is 2.29. The molecular weight excluding hydrogens is 342 g/mol. The van der Waals surface area contributed by atoms with Crippen LogP contribution in [0.15, 0.2) is 0 Å². The first-order chi connectivity index (χ1) is 12.1. The molecule has 0 saturated heterocycles. The Morgan fingerprint density at radius 1 is 1.00 bits per heavy atom. The smallest absolute Gasteiger partial charge is 0.326 e. The lowest BCUT2D eigenvalue weighted by Gasteiger charge is -2.23. The Labute approximate surface area is 153 Å². The second-order valence-electron chi connectivity index (χ2n) is 6.65. The lowest BCUT2D eigenvalue weighted by molar-refractivity contribution is -0.143. The van der Waals surface area contributed by atoms with E-state index in [0.29, 0.717) is 19.4 Å². The highest BCUT2D eigenvalue weighted by molar-refractivity contribution is 5.93. The van der Waals surface area contributed by atoms with Gasteiger partial charge in [0, 0.05) is 0 Å². The zero-order valence-corrected chi connectivity index (χ0v) is 15.4. The number of carboxylic acid groups (broad SMARTS) is 1. The molecule has 0 aliphatic carbocycles. The van der Waals surface area contributed by atoms with Gasteiger partial charge < -0.3 is 32.9 Å². The monoisotopic (exact) mass is 373 g/mol. The maximum atomic E-state index is 12.4. The Hall–Kier alpha value is -2.20. The van der Waals surface area contributed by atoms with Crippen molar-refractivity contribution in [3.63, 3.8) is 0 Å². The van der Waals surface area contributed by atoms with Gasteiger partial charge >= 0.3 is 5.97 Å². The topological polar surface area (TPSA) is 191 Å². The van der Waals surface area contributed by atoms with Gasteiger partial charge in [-0.25, -0.2) is 4.79 Å². The van der Waals surface area contributed by atoms with Crippen LogP contribution in [0.5, 0.6) is 0 Å². The normalized spacial score (nSPS) is 14.3. The van der Waals surface area contributed by atoms with Gasteiger partial charge in [0.15, 0.2) is 0 Å². The van der Waals surface area contributed by atoms with Crippen molar-refractivity contribution in [2.24, 2.45) is 23.1 Å². The Morgan fingerprint density at radius 3 is 2.04 bits per heavy atom. The first kappa shape index (κ1) is 23.8. The molecule has 0 saturated carbocycles. The minimum atomic E-state index is -1.45. The summed E-state index contributed by atoms with van der Waals surface area (Å²) in [5.41, 5.74) is 16.2. The van der Waals surface area contributed by atoms with Gasteiger partial charge in [-0.2, -0.15) is 0 Å². The highest BCUT2D eigenvalue weighted by Crippen LogP contribution is 2.07. The predicted molar refractivity (Wildman–Crippen MR) is 95.6 cm³/mol. The summed E-state index contributed by atoms with van der Waals surface area (Å²) in [4.78, 5) is 46.7. The number of hydrogen-bond acceptors (Lipinski definition) is 6. The second kappa shape index (κ2) is 12.2. The summed E-state index contributed by atoms with van der Waals surface area (Å²) < 4.78 is 0. The number of aliphatic carboxylic acids is 1. The molecular formula is C16H31N5O5. The van der Waals surface area contributed by atoms with E-state index in [2.05, 4.69) is 10.6 Å². The van der Waals surface area contributed by atoms with E-state index in [0.717, 1.165) is 6.42 Å². The van der Waals surface area contributed by atoms with E-state index in [1.807, 2.05) is 13.8 Å². The molecule has 0 fully saturated rings. The molecule has 0 heterocycles. The number of carbonyl (C=O) groups excluding carboxylic acids is 3. The van der Waals surface area contributed by atoms with Crippen LogP contribution in [0, 0.1) is 5.92 Å². The molecule has 0 aliphatic rings. The molecule has 150 valence electrons. The van der Waals surface area contributed by atoms with Gasteiger partial charge in [0.05, 0.1) is 12.5 Å². The van der Waals surface area contributed by atoms with Gasteiger partial charge in [-0.05, 0) is 31.7 Å². The van der Waals surface area contributed by atoms with Crippen LogP contribution in [0.1, 0.15) is 46.0 Å². The zero-order valence-electron chi connectivity index (χ0n) is 15.4. The molecule has 0 aromatic carbocycles. The summed E-state index contributed by atoms with van der Waals surface area (Å²) in [6.07, 6.45) is 1.60. The standard InChI is InChI=1S/C16H31N5O5/c1-9(2)7-11(20-14(23)10(18)5-3-4-6-17)15(24)21-12(16(25)26)8-13(19)22/h9-12H,3-8,17-18H2,1-2H3,(H2,19,22)(H,20,23)(H,21,24)(H,25,26)/t10-,11-,12-/m0/s1. The Bertz CT molecular complexity index is 497. The predicted octanol–water partition coefficient (Wildman–Crippen LogP) is -1.58. The number of nitrogens with one attached hydrogen (secondary N) is 2. The zero-order chi connectivity index (χ0) is 20.3. The van der Waals surface area contributed by atoms with Gasteiger partial charge in [0.2, 0.25) is 17.7 Å². The minimum absolute atomic E-state index is 0.0546. The SMILES string of the molecule is CC(C)C[C@H](NC(=O)[C@@H](N)CCCCN)C(=O)N[C@@H](CC(N)=O)C(=O)O. The first-order valence-electron chi connectivity index (χ1n) is 8.65. The van der Waals surface area contributed by atoms with Crippen molar-refractivity contribution in [2.45, 2.75) is 64.1 Å². The number of rotatable bonds is 13. The van der Waals surface area contributed by atoms with Crippen molar-refractivity contribution in [3.8, 4) is 0 Å². The average molecular weight is 373 g/mol. The summed E-state index contributed by atoms with van der Waals surface area (Å²) in [5, 5.41) is 13.9. The summed E-state index contributed by atoms with van der Waals surface area (Å²) in [7, 11) is 0. The lowest BCUT2D eigenvalue weighted by Crippen LogP contribution is -2.55. The summed E-state index contributed by atoms with van der Waals surface area (Å²) in [6.45, 7) is 4.21. The average Bonchev–Trinajstić information content (AvgIpc) is 2.52. The fourth-order valence-electron chi connectivity index (χ4n) is 2.29. The van der Waals surface area contributed by atoms with Crippen LogP contribution < -0.4 is 27.8 Å². The van der Waals surface area contributed by atoms with E-state index >= 15 is 0 Å². The van der Waals surface area contributed by atoms with Crippen molar-refractivity contribution in [2.75, 3.05) is 6.54 Å². The van der Waals surface area contributed by atoms with Crippen LogP contribution >= 0.6 is 0 Å². The van der Waals surface area contributed by atoms with E-state index in [-0.39, 0.29) is 12.3 Å². The quantitative estimate of drug-likeness (QED) is 0.210. The third kappa shape index (κ3) is 9.94. The molecule has 9 N–H and O–H groups in total. The molecule has 10 heteroatoms. The number of hydrogen-bond donors (Lipinski definition) is 6. The summed E-state index contributed by atoms with van der Waals surface area (Å²) in [5.74, 6) is -3.38. The Balaban J connectivity index is 4.94. The Kier molecular flexibility index (Phi) is 11.2. The maximum absolute atomic E-state index is 12.4. The second-order valence-corrected chi connectivity index (χ2v) is 6.65. The lowest BCUT2D eigenvalue weighted by atomic mass is 10.0. The number of carbonyl (C=O) groups is 4. The van der Waals surface area contributed by atoms with Gasteiger partial charge in [-0.3, -0.25) is 14.4 Å². The van der Waals surface area contributed by atoms with Crippen LogP contribution in [0.25, 0.3) is 0 Å². The van der Waals surface area contributed by atoms with Crippen LogP contribution in [0.3, 0.4) is 0 Å². The van der Waals surface area contributed by atoms with Crippen molar-refractivity contribution in [3.05, 3.63) is 0 Å². The van der Waals surface area contributed by atoms with Crippen LogP contribution in [0.4, 0.5) is 0 Å². The molecule has 3 amide bonds. The molecule has 0 spiro atoms. The number of unbranched alkanes of at least 4 members (excludes halogenated alkanes) is 1. The van der Waals surface area contributed by atoms with E-state index in [4.69, 9.17) is 22.3 Å². The van der Waals surface area contributed by atoms with E-state index in [1.54, 1.807) is 0 Å². The molecule has 0 aromatic heterocycles. The van der Waals surface area contributed by atoms with Crippen molar-refractivity contribution < 1.29 is 24.3 Å². The van der Waals surface area contributed by atoms with Crippen LogP contribution in [0.2, 0.25) is 0 Å². The maximum Gasteiger partial charge on any atom is 0.326 e. The van der Waals surface area contributed by atoms with Crippen LogP contribution in [-0.2, 0) is 19.2 Å². The molecule has 0 rings (SSSR count). The van der Waals surface area contributed by atoms with Gasteiger partial charge in [-0.15, -0.1) is 0 Å². The highest BCUT2D eigenvalue weighted by Gasteiger charge is 2.29. The van der Waals surface area contributed by atoms with Crippen LogP contribution in [-0.4, -0.2) is 53.5 Å². The minimum Gasteiger partial charge on any atom is -0.480 e. The molecule has 0 radical (unpaired) electrons. The third-order valence-electron chi connectivity index (χ3n) is 3.67. The fraction of sp³-hybridized carbons (Fsp3) is 0.750. The number of primary amides is 1. The van der Waals surface area contributed by atoms with Crippen molar-refractivity contribution >= 4 is 23.7 Å². The number of amides is 3. The van der Waals surface area contributed by atoms with Crippen molar-refractivity contribution in [1.29, 1.82) is 0 Å². The van der Waals surface area contributed by atoms with E-state index in [9.17, 15) is 19.2 Å². The highest BCUT2D eigenvalue weighted by atomic mass is 16.4. The first-order valence-corrected chi connectivity index (χ1v) is 8.65.